The Hall–Kier alpha value is -0.420. The summed E-state index contributed by atoms with van der Waals surface area (Å²) in [6.45, 7) is 2.22. The van der Waals surface area contributed by atoms with Gasteiger partial charge in [0.1, 0.15) is 0 Å². The van der Waals surface area contributed by atoms with E-state index in [1.165, 1.54) is 19.3 Å². The standard InChI is InChI=1S/C10H19BrN4/c1-4-5-6-7-8(12-2)9-10(11)13-14-15(9)3/h8,12H,4-7H2,1-3H3. The van der Waals surface area contributed by atoms with Gasteiger partial charge in [0.25, 0.3) is 0 Å². The third-order valence-electron chi connectivity index (χ3n) is 2.60. The number of unbranched alkanes of at least 4 members (excludes halogenated alkanes) is 2. The van der Waals surface area contributed by atoms with Crippen LogP contribution in [0.5, 0.6) is 0 Å². The van der Waals surface area contributed by atoms with Gasteiger partial charge in [-0.1, -0.05) is 31.4 Å². The summed E-state index contributed by atoms with van der Waals surface area (Å²) in [7, 11) is 3.91. The van der Waals surface area contributed by atoms with Gasteiger partial charge in [-0.2, -0.15) is 0 Å². The fraction of sp³-hybridized carbons (Fsp3) is 0.800. The average Bonchev–Trinajstić information content (AvgIpc) is 2.55. The van der Waals surface area contributed by atoms with Crippen molar-refractivity contribution in [1.82, 2.24) is 20.3 Å². The Balaban J connectivity index is 2.65. The zero-order valence-corrected chi connectivity index (χ0v) is 11.2. The van der Waals surface area contributed by atoms with E-state index in [-0.39, 0.29) is 0 Å². The summed E-state index contributed by atoms with van der Waals surface area (Å²) < 4.78 is 2.68. The second kappa shape index (κ2) is 6.23. The van der Waals surface area contributed by atoms with Crippen molar-refractivity contribution in [2.24, 2.45) is 7.05 Å². The average molecular weight is 275 g/mol. The molecule has 0 amide bonds. The van der Waals surface area contributed by atoms with Crippen LogP contribution in [0.1, 0.15) is 44.3 Å². The lowest BCUT2D eigenvalue weighted by molar-refractivity contribution is 0.478. The van der Waals surface area contributed by atoms with Crippen molar-refractivity contribution in [1.29, 1.82) is 0 Å². The molecule has 1 rings (SSSR count). The van der Waals surface area contributed by atoms with E-state index in [1.54, 1.807) is 0 Å². The van der Waals surface area contributed by atoms with E-state index in [1.807, 2.05) is 18.8 Å². The Labute approximate surface area is 99.6 Å². The van der Waals surface area contributed by atoms with E-state index < -0.39 is 0 Å². The molecule has 0 saturated heterocycles. The molecule has 4 nitrogen and oxygen atoms in total. The molecule has 0 aliphatic rings. The van der Waals surface area contributed by atoms with E-state index in [2.05, 4.69) is 38.5 Å². The topological polar surface area (TPSA) is 42.7 Å². The number of nitrogens with one attached hydrogen (secondary N) is 1. The Morgan fingerprint density at radius 2 is 2.20 bits per heavy atom. The van der Waals surface area contributed by atoms with Crippen LogP contribution in [0, 0.1) is 0 Å². The van der Waals surface area contributed by atoms with Crippen molar-refractivity contribution in [3.63, 3.8) is 0 Å². The van der Waals surface area contributed by atoms with Crippen LogP contribution in [0.25, 0.3) is 0 Å². The largest absolute Gasteiger partial charge is 0.312 e. The summed E-state index contributed by atoms with van der Waals surface area (Å²) >= 11 is 3.43. The quantitative estimate of drug-likeness (QED) is 0.811. The Kier molecular flexibility index (Phi) is 5.25. The van der Waals surface area contributed by atoms with E-state index in [0.717, 1.165) is 16.7 Å². The van der Waals surface area contributed by atoms with Crippen LogP contribution in [0.4, 0.5) is 0 Å². The van der Waals surface area contributed by atoms with E-state index >= 15 is 0 Å². The summed E-state index contributed by atoms with van der Waals surface area (Å²) in [5, 5.41) is 11.3. The van der Waals surface area contributed by atoms with Crippen molar-refractivity contribution >= 4 is 15.9 Å². The maximum Gasteiger partial charge on any atom is 0.153 e. The highest BCUT2D eigenvalue weighted by atomic mass is 79.9. The lowest BCUT2D eigenvalue weighted by Crippen LogP contribution is -2.19. The highest BCUT2D eigenvalue weighted by Gasteiger charge is 2.17. The van der Waals surface area contributed by atoms with E-state index in [9.17, 15) is 0 Å². The van der Waals surface area contributed by atoms with Gasteiger partial charge in [-0.25, -0.2) is 4.68 Å². The van der Waals surface area contributed by atoms with Crippen LogP contribution in [0.15, 0.2) is 4.60 Å². The molecular weight excluding hydrogens is 256 g/mol. The van der Waals surface area contributed by atoms with Crippen LogP contribution in [0.3, 0.4) is 0 Å². The molecule has 0 saturated carbocycles. The number of halogens is 1. The van der Waals surface area contributed by atoms with Crippen molar-refractivity contribution in [3.05, 3.63) is 10.3 Å². The van der Waals surface area contributed by atoms with Crippen LogP contribution in [0.2, 0.25) is 0 Å². The highest BCUT2D eigenvalue weighted by Crippen LogP contribution is 2.24. The fourth-order valence-corrected chi connectivity index (χ4v) is 2.33. The van der Waals surface area contributed by atoms with Crippen LogP contribution < -0.4 is 5.32 Å². The molecule has 1 aromatic heterocycles. The van der Waals surface area contributed by atoms with Gasteiger partial charge in [0.15, 0.2) is 4.60 Å². The molecule has 0 aliphatic heterocycles. The summed E-state index contributed by atoms with van der Waals surface area (Å²) in [6, 6.07) is 0.339. The molecule has 1 atom stereocenters. The normalized spacial score (nSPS) is 13.1. The molecule has 5 heteroatoms. The molecule has 1 unspecified atom stereocenters. The van der Waals surface area contributed by atoms with Gasteiger partial charge < -0.3 is 5.32 Å². The number of rotatable bonds is 6. The van der Waals surface area contributed by atoms with Crippen molar-refractivity contribution in [3.8, 4) is 0 Å². The summed E-state index contributed by atoms with van der Waals surface area (Å²) in [4.78, 5) is 0. The fourth-order valence-electron chi connectivity index (χ4n) is 1.72. The van der Waals surface area contributed by atoms with Gasteiger partial charge in [-0.3, -0.25) is 0 Å². The molecule has 0 bridgehead atoms. The summed E-state index contributed by atoms with van der Waals surface area (Å²) in [5.74, 6) is 0. The van der Waals surface area contributed by atoms with Gasteiger partial charge in [-0.15, -0.1) is 5.10 Å². The lowest BCUT2D eigenvalue weighted by atomic mass is 10.1. The van der Waals surface area contributed by atoms with Gasteiger partial charge >= 0.3 is 0 Å². The third-order valence-corrected chi connectivity index (χ3v) is 3.17. The maximum atomic E-state index is 4.00. The first-order valence-corrected chi connectivity index (χ1v) is 6.22. The van der Waals surface area contributed by atoms with Gasteiger partial charge in [0, 0.05) is 7.05 Å². The highest BCUT2D eigenvalue weighted by molar-refractivity contribution is 9.10. The van der Waals surface area contributed by atoms with E-state index in [4.69, 9.17) is 0 Å². The van der Waals surface area contributed by atoms with Crippen molar-refractivity contribution in [2.45, 2.75) is 38.6 Å². The predicted octanol–water partition coefficient (Wildman–Crippen LogP) is 2.42. The molecule has 1 aromatic rings. The lowest BCUT2D eigenvalue weighted by Gasteiger charge is -2.16. The van der Waals surface area contributed by atoms with Crippen molar-refractivity contribution < 1.29 is 0 Å². The summed E-state index contributed by atoms with van der Waals surface area (Å²) in [5.41, 5.74) is 1.13. The number of aryl methyl sites for hydroxylation is 1. The number of hydrogen-bond donors (Lipinski definition) is 1. The molecule has 15 heavy (non-hydrogen) atoms. The molecule has 1 N–H and O–H groups in total. The molecular formula is C10H19BrN4. The Morgan fingerprint density at radius 1 is 1.47 bits per heavy atom. The first-order valence-electron chi connectivity index (χ1n) is 5.43. The minimum atomic E-state index is 0.339. The monoisotopic (exact) mass is 274 g/mol. The molecule has 0 fully saturated rings. The SMILES string of the molecule is CCCCCC(NC)c1c(Br)nnn1C. The van der Waals surface area contributed by atoms with Gasteiger partial charge in [0.05, 0.1) is 11.7 Å². The maximum absolute atomic E-state index is 4.00. The van der Waals surface area contributed by atoms with Gasteiger partial charge in [-0.05, 0) is 29.4 Å². The minimum absolute atomic E-state index is 0.339. The summed E-state index contributed by atoms with van der Waals surface area (Å²) in [6.07, 6.45) is 4.89. The van der Waals surface area contributed by atoms with Crippen molar-refractivity contribution in [2.75, 3.05) is 7.05 Å². The predicted molar refractivity (Wildman–Crippen MR) is 64.6 cm³/mol. The first kappa shape index (κ1) is 12.6. The van der Waals surface area contributed by atoms with E-state index in [0.29, 0.717) is 6.04 Å². The van der Waals surface area contributed by atoms with Gasteiger partial charge in [0.2, 0.25) is 0 Å². The Morgan fingerprint density at radius 3 is 2.67 bits per heavy atom. The van der Waals surface area contributed by atoms with Crippen LogP contribution in [-0.4, -0.2) is 22.0 Å². The third kappa shape index (κ3) is 3.28. The zero-order chi connectivity index (χ0) is 11.3. The zero-order valence-electron chi connectivity index (χ0n) is 9.63. The molecule has 0 aliphatic carbocycles. The number of hydrogen-bond acceptors (Lipinski definition) is 3. The molecule has 0 radical (unpaired) electrons. The molecule has 1 heterocycles. The van der Waals surface area contributed by atoms with Crippen LogP contribution in [-0.2, 0) is 7.05 Å². The molecule has 86 valence electrons. The molecule has 0 aromatic carbocycles. The second-order valence-electron chi connectivity index (χ2n) is 3.73. The minimum Gasteiger partial charge on any atom is -0.312 e. The molecule has 0 spiro atoms. The van der Waals surface area contributed by atoms with Crippen LogP contribution >= 0.6 is 15.9 Å². The number of nitrogens with zero attached hydrogens (tertiary/aromatic N) is 3. The number of aromatic nitrogens is 3. The smallest absolute Gasteiger partial charge is 0.153 e. The first-order chi connectivity index (χ1) is 7.20. The second-order valence-corrected chi connectivity index (χ2v) is 4.48. The Bertz CT molecular complexity index is 278.